The third kappa shape index (κ3) is 5.00. The number of carboxylic acid groups (broad SMARTS) is 1. The summed E-state index contributed by atoms with van der Waals surface area (Å²) in [5.74, 6) is 0.530. The summed E-state index contributed by atoms with van der Waals surface area (Å²) in [5, 5.41) is 8.54. The Hall–Kier alpha value is -1.58. The Morgan fingerprint density at radius 3 is 2.67 bits per heavy atom. The van der Waals surface area contributed by atoms with E-state index in [4.69, 9.17) is 17.3 Å². The fraction of sp³-hybridized carbons (Fsp3) is 0.556. The van der Waals surface area contributed by atoms with Gasteiger partial charge in [0.25, 0.3) is 0 Å². The number of carbonyl (C=O) groups excluding carboxylic acids is 1. The van der Waals surface area contributed by atoms with Crippen LogP contribution in [-0.2, 0) is 14.3 Å². The molecule has 3 N–H and O–H groups in total. The second-order valence-electron chi connectivity index (χ2n) is 2.85. The molecule has 0 bridgehead atoms. The minimum absolute atomic E-state index is 0.0273. The molecule has 0 saturated carbocycles. The molecule has 0 aliphatic heterocycles. The molecule has 1 amide bonds. The summed E-state index contributed by atoms with van der Waals surface area (Å²) in [4.78, 5) is 22.9. The minimum atomic E-state index is -1.14. The highest BCUT2D eigenvalue weighted by Crippen LogP contribution is 1.94. The molecule has 84 valence electrons. The molecule has 0 saturated heterocycles. The number of amides is 1. The normalized spacial score (nSPS) is 11.5. The number of hydrogen-bond acceptors (Lipinski definition) is 4. The SMILES string of the molecule is C#CCN(CC(=O)O)C(=O)C(N)COC. The zero-order valence-electron chi connectivity index (χ0n) is 8.47. The molecule has 0 radical (unpaired) electrons. The molecule has 0 aliphatic carbocycles. The smallest absolute Gasteiger partial charge is 0.323 e. The predicted octanol–water partition coefficient (Wildman–Crippen LogP) is -1.49. The van der Waals surface area contributed by atoms with Gasteiger partial charge in [0.2, 0.25) is 5.91 Å². The second kappa shape index (κ2) is 6.81. The van der Waals surface area contributed by atoms with Crippen molar-refractivity contribution in [3.63, 3.8) is 0 Å². The van der Waals surface area contributed by atoms with Crippen molar-refractivity contribution >= 4 is 11.9 Å². The van der Waals surface area contributed by atoms with Gasteiger partial charge >= 0.3 is 5.97 Å². The number of methoxy groups -OCH3 is 1. The number of ether oxygens (including phenoxy) is 1. The Morgan fingerprint density at radius 2 is 2.27 bits per heavy atom. The first-order valence-electron chi connectivity index (χ1n) is 4.21. The van der Waals surface area contributed by atoms with Crippen molar-refractivity contribution in [3.8, 4) is 12.3 Å². The first-order chi connectivity index (χ1) is 7.02. The van der Waals surface area contributed by atoms with E-state index < -0.39 is 24.5 Å². The Labute approximate surface area is 88.0 Å². The van der Waals surface area contributed by atoms with Crippen LogP contribution in [0, 0.1) is 12.3 Å². The van der Waals surface area contributed by atoms with Crippen LogP contribution < -0.4 is 5.73 Å². The van der Waals surface area contributed by atoms with Crippen molar-refractivity contribution < 1.29 is 19.4 Å². The van der Waals surface area contributed by atoms with Crippen LogP contribution in [0.1, 0.15) is 0 Å². The summed E-state index contributed by atoms with van der Waals surface area (Å²) in [6.07, 6.45) is 5.01. The van der Waals surface area contributed by atoms with E-state index in [0.29, 0.717) is 0 Å². The quantitative estimate of drug-likeness (QED) is 0.525. The van der Waals surface area contributed by atoms with Gasteiger partial charge in [-0.25, -0.2) is 0 Å². The summed E-state index contributed by atoms with van der Waals surface area (Å²) in [6, 6.07) is -0.886. The van der Waals surface area contributed by atoms with Crippen molar-refractivity contribution in [2.24, 2.45) is 5.73 Å². The molecule has 6 heteroatoms. The first kappa shape index (κ1) is 13.4. The van der Waals surface area contributed by atoms with E-state index in [1.165, 1.54) is 7.11 Å². The summed E-state index contributed by atoms with van der Waals surface area (Å²) in [5.41, 5.74) is 5.46. The molecule has 0 aromatic carbocycles. The zero-order chi connectivity index (χ0) is 11.8. The number of nitrogens with two attached hydrogens (primary N) is 1. The molecule has 0 aliphatic rings. The Balaban J connectivity index is 4.41. The van der Waals surface area contributed by atoms with Gasteiger partial charge in [0.1, 0.15) is 12.6 Å². The lowest BCUT2D eigenvalue weighted by Gasteiger charge is -2.21. The van der Waals surface area contributed by atoms with Crippen LogP contribution in [0.25, 0.3) is 0 Å². The van der Waals surface area contributed by atoms with Crippen LogP contribution in [0.5, 0.6) is 0 Å². The Bertz CT molecular complexity index is 272. The Morgan fingerprint density at radius 1 is 1.67 bits per heavy atom. The van der Waals surface area contributed by atoms with Crippen molar-refractivity contribution in [1.29, 1.82) is 0 Å². The van der Waals surface area contributed by atoms with Crippen LogP contribution in [0.15, 0.2) is 0 Å². The van der Waals surface area contributed by atoms with Crippen molar-refractivity contribution in [3.05, 3.63) is 0 Å². The number of rotatable bonds is 6. The molecule has 6 nitrogen and oxygen atoms in total. The molecule has 1 unspecified atom stereocenters. The van der Waals surface area contributed by atoms with Crippen LogP contribution in [-0.4, -0.2) is 54.7 Å². The van der Waals surface area contributed by atoms with Crippen molar-refractivity contribution in [2.45, 2.75) is 6.04 Å². The highest BCUT2D eigenvalue weighted by atomic mass is 16.5. The molecule has 0 rings (SSSR count). The van der Waals surface area contributed by atoms with Gasteiger partial charge < -0.3 is 20.5 Å². The summed E-state index contributed by atoms with van der Waals surface area (Å²) in [6.45, 7) is -0.511. The van der Waals surface area contributed by atoms with Gasteiger partial charge in [-0.3, -0.25) is 9.59 Å². The van der Waals surface area contributed by atoms with E-state index in [-0.39, 0.29) is 13.2 Å². The third-order valence-corrected chi connectivity index (χ3v) is 1.58. The van der Waals surface area contributed by atoms with Crippen LogP contribution in [0.3, 0.4) is 0 Å². The van der Waals surface area contributed by atoms with Crippen LogP contribution in [0.2, 0.25) is 0 Å². The average molecular weight is 214 g/mol. The predicted molar refractivity (Wildman–Crippen MR) is 52.9 cm³/mol. The maximum Gasteiger partial charge on any atom is 0.323 e. The van der Waals surface area contributed by atoms with Crippen LogP contribution >= 0.6 is 0 Å². The molecular formula is C9H14N2O4. The van der Waals surface area contributed by atoms with Gasteiger partial charge in [-0.1, -0.05) is 5.92 Å². The van der Waals surface area contributed by atoms with Gasteiger partial charge in [-0.15, -0.1) is 6.42 Å². The molecule has 0 aromatic heterocycles. The topological polar surface area (TPSA) is 92.9 Å². The summed E-state index contributed by atoms with van der Waals surface area (Å²) in [7, 11) is 1.40. The third-order valence-electron chi connectivity index (χ3n) is 1.58. The van der Waals surface area contributed by atoms with Gasteiger partial charge in [-0.05, 0) is 0 Å². The number of hydrogen-bond donors (Lipinski definition) is 2. The number of terminal acetylenes is 1. The zero-order valence-corrected chi connectivity index (χ0v) is 8.47. The van der Waals surface area contributed by atoms with E-state index in [1.54, 1.807) is 0 Å². The maximum absolute atomic E-state index is 11.5. The number of carboxylic acids is 1. The molecular weight excluding hydrogens is 200 g/mol. The molecule has 0 heterocycles. The highest BCUT2D eigenvalue weighted by molar-refractivity contribution is 5.85. The number of carbonyl (C=O) groups is 2. The molecule has 15 heavy (non-hydrogen) atoms. The molecule has 0 fully saturated rings. The van der Waals surface area contributed by atoms with Crippen molar-refractivity contribution in [1.82, 2.24) is 4.90 Å². The van der Waals surface area contributed by atoms with Gasteiger partial charge in [0.15, 0.2) is 0 Å². The number of aliphatic carboxylic acids is 1. The molecule has 0 spiro atoms. The average Bonchev–Trinajstić information content (AvgIpc) is 2.16. The van der Waals surface area contributed by atoms with Gasteiger partial charge in [0.05, 0.1) is 13.2 Å². The Kier molecular flexibility index (Phi) is 6.09. The minimum Gasteiger partial charge on any atom is -0.480 e. The number of nitrogens with zero attached hydrogens (tertiary/aromatic N) is 1. The standard InChI is InChI=1S/C9H14N2O4/c1-3-4-11(5-8(12)13)9(14)7(10)6-15-2/h1,7H,4-6,10H2,2H3,(H,12,13). The molecule has 0 aromatic rings. The van der Waals surface area contributed by atoms with Crippen molar-refractivity contribution in [2.75, 3.05) is 26.8 Å². The summed E-state index contributed by atoms with van der Waals surface area (Å²) >= 11 is 0. The van der Waals surface area contributed by atoms with E-state index in [2.05, 4.69) is 10.7 Å². The van der Waals surface area contributed by atoms with E-state index in [1.807, 2.05) is 0 Å². The summed E-state index contributed by atoms with van der Waals surface area (Å²) < 4.78 is 4.69. The lowest BCUT2D eigenvalue weighted by atomic mass is 10.2. The maximum atomic E-state index is 11.5. The molecule has 1 atom stereocenters. The van der Waals surface area contributed by atoms with Crippen LogP contribution in [0.4, 0.5) is 0 Å². The van der Waals surface area contributed by atoms with E-state index >= 15 is 0 Å². The largest absolute Gasteiger partial charge is 0.480 e. The van der Waals surface area contributed by atoms with Gasteiger partial charge in [0, 0.05) is 7.11 Å². The van der Waals surface area contributed by atoms with E-state index in [9.17, 15) is 9.59 Å². The lowest BCUT2D eigenvalue weighted by Crippen LogP contribution is -2.48. The van der Waals surface area contributed by atoms with E-state index in [0.717, 1.165) is 4.90 Å². The monoisotopic (exact) mass is 214 g/mol. The van der Waals surface area contributed by atoms with Gasteiger partial charge in [-0.2, -0.15) is 0 Å². The highest BCUT2D eigenvalue weighted by Gasteiger charge is 2.21. The second-order valence-corrected chi connectivity index (χ2v) is 2.85. The first-order valence-corrected chi connectivity index (χ1v) is 4.21. The fourth-order valence-corrected chi connectivity index (χ4v) is 0.971. The lowest BCUT2D eigenvalue weighted by molar-refractivity contribution is -0.144. The fourth-order valence-electron chi connectivity index (χ4n) is 0.971.